The van der Waals surface area contributed by atoms with Crippen molar-refractivity contribution in [2.24, 2.45) is 0 Å². The molecule has 0 atom stereocenters. The van der Waals surface area contributed by atoms with Gasteiger partial charge < -0.3 is 9.47 Å². The average Bonchev–Trinajstić information content (AvgIpc) is 3.10. The summed E-state index contributed by atoms with van der Waals surface area (Å²) in [7, 11) is 1.62. The highest BCUT2D eigenvalue weighted by atomic mass is 32.1. The van der Waals surface area contributed by atoms with Gasteiger partial charge in [-0.15, -0.1) is 11.3 Å². The molecule has 0 aliphatic carbocycles. The molecule has 0 fully saturated rings. The molecule has 0 saturated heterocycles. The maximum atomic E-state index is 12.5. The van der Waals surface area contributed by atoms with E-state index in [0.29, 0.717) is 23.1 Å². The molecule has 2 aromatic carbocycles. The Labute approximate surface area is 150 Å². The lowest BCUT2D eigenvalue weighted by Gasteiger charge is -2.09. The molecule has 1 N–H and O–H groups in total. The van der Waals surface area contributed by atoms with Crippen molar-refractivity contribution < 1.29 is 14.3 Å². The molecule has 0 unspecified atom stereocenters. The Balaban J connectivity index is 1.81. The van der Waals surface area contributed by atoms with E-state index < -0.39 is 0 Å². The van der Waals surface area contributed by atoms with Crippen LogP contribution in [0.2, 0.25) is 0 Å². The van der Waals surface area contributed by atoms with Crippen LogP contribution in [-0.2, 0) is 0 Å². The van der Waals surface area contributed by atoms with Gasteiger partial charge in [-0.3, -0.25) is 10.1 Å². The molecule has 1 heterocycles. The number of amides is 1. The molecule has 3 aromatic rings. The Morgan fingerprint density at radius 3 is 2.60 bits per heavy atom. The van der Waals surface area contributed by atoms with Gasteiger partial charge in [-0.1, -0.05) is 24.3 Å². The monoisotopic (exact) mass is 354 g/mol. The van der Waals surface area contributed by atoms with Crippen molar-refractivity contribution in [3.8, 4) is 22.8 Å². The first-order valence-electron chi connectivity index (χ1n) is 7.85. The van der Waals surface area contributed by atoms with Crippen LogP contribution >= 0.6 is 11.3 Å². The minimum absolute atomic E-state index is 0.245. The molecular formula is C19H18N2O3S. The first-order valence-corrected chi connectivity index (χ1v) is 8.73. The van der Waals surface area contributed by atoms with Gasteiger partial charge >= 0.3 is 0 Å². The molecular weight excluding hydrogens is 336 g/mol. The maximum Gasteiger partial charge on any atom is 0.261 e. The molecule has 0 aliphatic heterocycles. The van der Waals surface area contributed by atoms with Crippen LogP contribution in [0.15, 0.2) is 53.9 Å². The predicted octanol–water partition coefficient (Wildman–Crippen LogP) is 4.47. The first kappa shape index (κ1) is 17.0. The number of para-hydroxylation sites is 2. The lowest BCUT2D eigenvalue weighted by Crippen LogP contribution is -2.13. The molecule has 0 saturated carbocycles. The zero-order valence-corrected chi connectivity index (χ0v) is 14.8. The second-order valence-electron chi connectivity index (χ2n) is 5.12. The van der Waals surface area contributed by atoms with Crippen LogP contribution in [-0.4, -0.2) is 24.6 Å². The number of methoxy groups -OCH3 is 1. The predicted molar refractivity (Wildman–Crippen MR) is 99.7 cm³/mol. The molecule has 0 bridgehead atoms. The number of nitrogens with one attached hydrogen (secondary N) is 1. The van der Waals surface area contributed by atoms with Crippen molar-refractivity contribution in [2.75, 3.05) is 19.0 Å². The second kappa shape index (κ2) is 7.81. The van der Waals surface area contributed by atoms with E-state index in [9.17, 15) is 4.79 Å². The summed E-state index contributed by atoms with van der Waals surface area (Å²) in [5, 5.41) is 5.25. The molecule has 5 nitrogen and oxygen atoms in total. The lowest BCUT2D eigenvalue weighted by molar-refractivity contribution is 0.102. The third-order valence-electron chi connectivity index (χ3n) is 3.54. The number of rotatable bonds is 6. The van der Waals surface area contributed by atoms with E-state index in [1.54, 1.807) is 25.3 Å². The van der Waals surface area contributed by atoms with Crippen LogP contribution in [0.25, 0.3) is 11.3 Å². The van der Waals surface area contributed by atoms with Gasteiger partial charge in [0.1, 0.15) is 11.5 Å². The van der Waals surface area contributed by atoms with Gasteiger partial charge in [0.25, 0.3) is 5.91 Å². The summed E-state index contributed by atoms with van der Waals surface area (Å²) < 4.78 is 10.9. The summed E-state index contributed by atoms with van der Waals surface area (Å²) in [5.74, 6) is 1.06. The van der Waals surface area contributed by atoms with Crippen molar-refractivity contribution in [3.63, 3.8) is 0 Å². The van der Waals surface area contributed by atoms with Crippen molar-refractivity contribution in [3.05, 3.63) is 59.5 Å². The number of carbonyl (C=O) groups is 1. The van der Waals surface area contributed by atoms with E-state index in [4.69, 9.17) is 9.47 Å². The van der Waals surface area contributed by atoms with Crippen LogP contribution in [0.3, 0.4) is 0 Å². The van der Waals surface area contributed by atoms with E-state index in [0.717, 1.165) is 17.0 Å². The van der Waals surface area contributed by atoms with Gasteiger partial charge in [0.05, 0.1) is 25.0 Å². The molecule has 1 aromatic heterocycles. The van der Waals surface area contributed by atoms with Crippen LogP contribution in [0.5, 0.6) is 11.5 Å². The Hall–Kier alpha value is -2.86. The minimum Gasteiger partial charge on any atom is -0.496 e. The van der Waals surface area contributed by atoms with Crippen LogP contribution < -0.4 is 14.8 Å². The van der Waals surface area contributed by atoms with Gasteiger partial charge in [-0.05, 0) is 31.2 Å². The topological polar surface area (TPSA) is 60.5 Å². The standard InChI is InChI=1S/C19H18N2O3S/c1-3-24-17-11-7-5-9-14(17)18(22)21-19-20-15(12-25-19)13-8-4-6-10-16(13)23-2/h4-12H,3H2,1-2H3,(H,20,21,22). The molecule has 0 aliphatic rings. The SMILES string of the molecule is CCOc1ccccc1C(=O)Nc1nc(-c2ccccc2OC)cs1. The van der Waals surface area contributed by atoms with Gasteiger partial charge in [0, 0.05) is 10.9 Å². The van der Waals surface area contributed by atoms with Crippen molar-refractivity contribution >= 4 is 22.4 Å². The molecule has 128 valence electrons. The summed E-state index contributed by atoms with van der Waals surface area (Å²) in [4.78, 5) is 17.0. The summed E-state index contributed by atoms with van der Waals surface area (Å²) >= 11 is 1.37. The van der Waals surface area contributed by atoms with Gasteiger partial charge in [-0.25, -0.2) is 4.98 Å². The number of ether oxygens (including phenoxy) is 2. The molecule has 0 spiro atoms. The number of thiazole rings is 1. The number of benzene rings is 2. The fraction of sp³-hybridized carbons (Fsp3) is 0.158. The summed E-state index contributed by atoms with van der Waals surface area (Å²) in [6.07, 6.45) is 0. The Bertz CT molecular complexity index is 876. The Kier molecular flexibility index (Phi) is 5.30. The number of nitrogens with zero attached hydrogens (tertiary/aromatic N) is 1. The maximum absolute atomic E-state index is 12.5. The lowest BCUT2D eigenvalue weighted by atomic mass is 10.1. The molecule has 0 radical (unpaired) electrons. The highest BCUT2D eigenvalue weighted by Crippen LogP contribution is 2.32. The van der Waals surface area contributed by atoms with E-state index >= 15 is 0 Å². The number of anilines is 1. The van der Waals surface area contributed by atoms with Crippen LogP contribution in [0.4, 0.5) is 5.13 Å². The number of hydrogen-bond donors (Lipinski definition) is 1. The normalized spacial score (nSPS) is 10.3. The van der Waals surface area contributed by atoms with Gasteiger partial charge in [-0.2, -0.15) is 0 Å². The largest absolute Gasteiger partial charge is 0.496 e. The van der Waals surface area contributed by atoms with E-state index in [2.05, 4.69) is 10.3 Å². The quantitative estimate of drug-likeness (QED) is 0.709. The fourth-order valence-electron chi connectivity index (χ4n) is 2.41. The van der Waals surface area contributed by atoms with E-state index in [1.165, 1.54) is 11.3 Å². The molecule has 3 rings (SSSR count). The number of carbonyl (C=O) groups excluding carboxylic acids is 1. The molecule has 1 amide bonds. The van der Waals surface area contributed by atoms with Crippen molar-refractivity contribution in [1.82, 2.24) is 4.98 Å². The van der Waals surface area contributed by atoms with E-state index in [-0.39, 0.29) is 5.91 Å². The number of aromatic nitrogens is 1. The van der Waals surface area contributed by atoms with Crippen molar-refractivity contribution in [2.45, 2.75) is 6.92 Å². The third-order valence-corrected chi connectivity index (χ3v) is 4.30. The highest BCUT2D eigenvalue weighted by molar-refractivity contribution is 7.14. The zero-order valence-electron chi connectivity index (χ0n) is 14.0. The van der Waals surface area contributed by atoms with Crippen molar-refractivity contribution in [1.29, 1.82) is 0 Å². The first-order chi connectivity index (χ1) is 12.2. The fourth-order valence-corrected chi connectivity index (χ4v) is 3.12. The van der Waals surface area contributed by atoms with Crippen LogP contribution in [0.1, 0.15) is 17.3 Å². The summed E-state index contributed by atoms with van der Waals surface area (Å²) in [5.41, 5.74) is 2.13. The Morgan fingerprint density at radius 2 is 1.84 bits per heavy atom. The van der Waals surface area contributed by atoms with E-state index in [1.807, 2.05) is 42.6 Å². The average molecular weight is 354 g/mol. The summed E-state index contributed by atoms with van der Waals surface area (Å²) in [6, 6.07) is 14.8. The number of hydrogen-bond acceptors (Lipinski definition) is 5. The molecule has 25 heavy (non-hydrogen) atoms. The second-order valence-corrected chi connectivity index (χ2v) is 5.98. The molecule has 6 heteroatoms. The summed E-state index contributed by atoms with van der Waals surface area (Å²) in [6.45, 7) is 2.38. The Morgan fingerprint density at radius 1 is 1.12 bits per heavy atom. The smallest absolute Gasteiger partial charge is 0.261 e. The highest BCUT2D eigenvalue weighted by Gasteiger charge is 2.15. The minimum atomic E-state index is -0.245. The third kappa shape index (κ3) is 3.80. The zero-order chi connectivity index (χ0) is 17.6. The van der Waals surface area contributed by atoms with Gasteiger partial charge in [0.2, 0.25) is 0 Å². The van der Waals surface area contributed by atoms with Gasteiger partial charge in [0.15, 0.2) is 5.13 Å². The van der Waals surface area contributed by atoms with Crippen LogP contribution in [0, 0.1) is 0 Å².